The minimum atomic E-state index is -5.74. The van der Waals surface area contributed by atoms with E-state index in [1.807, 2.05) is 0 Å². The van der Waals surface area contributed by atoms with E-state index in [-0.39, 0.29) is 21.3 Å². The van der Waals surface area contributed by atoms with Crippen LogP contribution in [0.4, 0.5) is 22.0 Å². The van der Waals surface area contributed by atoms with Gasteiger partial charge in [-0.05, 0) is 25.0 Å². The van der Waals surface area contributed by atoms with E-state index in [1.54, 1.807) is 13.8 Å². The highest BCUT2D eigenvalue weighted by Gasteiger charge is 2.59. The van der Waals surface area contributed by atoms with Crippen molar-refractivity contribution < 1.29 is 31.9 Å². The summed E-state index contributed by atoms with van der Waals surface area (Å²) in [6.07, 6.45) is -5.20. The summed E-state index contributed by atoms with van der Waals surface area (Å²) in [6.45, 7) is 4.67. The Labute approximate surface area is 128 Å². The van der Waals surface area contributed by atoms with Gasteiger partial charge in [0, 0.05) is 15.7 Å². The first-order valence-electron chi connectivity index (χ1n) is 6.42. The second kappa shape index (κ2) is 6.44. The lowest BCUT2D eigenvalue weighted by Crippen LogP contribution is -2.34. The quantitative estimate of drug-likeness (QED) is 0.587. The van der Waals surface area contributed by atoms with E-state index in [2.05, 4.69) is 0 Å². The predicted octanol–water partition coefficient (Wildman–Crippen LogP) is 5.24. The molecular weight excluding hydrogens is 327 g/mol. The van der Waals surface area contributed by atoms with Gasteiger partial charge in [0.1, 0.15) is 0 Å². The zero-order valence-electron chi connectivity index (χ0n) is 12.1. The summed E-state index contributed by atoms with van der Waals surface area (Å²) < 4.78 is 65.3. The van der Waals surface area contributed by atoms with Crippen LogP contribution in [0.5, 0.6) is 0 Å². The standard InChI is InChI=1S/C14H15F5O2S/c1-4-7(2)22-11-8(3)9(12(20)21)5-6-10(11)13(15,16)14(17,18)19/h5-7H,4H2,1-3H3,(H,20,21)/t7-/m1/s1. The molecule has 8 heteroatoms. The Hall–Kier alpha value is -1.31. The maximum absolute atomic E-state index is 13.7. The number of rotatable bonds is 5. The molecule has 0 radical (unpaired) electrons. The average Bonchev–Trinajstić information content (AvgIpc) is 2.38. The highest BCUT2D eigenvalue weighted by Crippen LogP contribution is 2.48. The smallest absolute Gasteiger partial charge is 0.458 e. The van der Waals surface area contributed by atoms with Gasteiger partial charge in [-0.15, -0.1) is 11.8 Å². The third-order valence-corrected chi connectivity index (χ3v) is 4.72. The van der Waals surface area contributed by atoms with Crippen LogP contribution < -0.4 is 0 Å². The van der Waals surface area contributed by atoms with Gasteiger partial charge in [-0.1, -0.05) is 19.9 Å². The molecule has 1 aromatic rings. The van der Waals surface area contributed by atoms with E-state index < -0.39 is 23.6 Å². The van der Waals surface area contributed by atoms with Crippen molar-refractivity contribution in [2.75, 3.05) is 0 Å². The van der Waals surface area contributed by atoms with Crippen LogP contribution in [0.1, 0.15) is 41.8 Å². The van der Waals surface area contributed by atoms with Crippen molar-refractivity contribution in [3.05, 3.63) is 28.8 Å². The number of alkyl halides is 5. The van der Waals surface area contributed by atoms with Gasteiger partial charge >= 0.3 is 18.1 Å². The van der Waals surface area contributed by atoms with E-state index >= 15 is 0 Å². The average molecular weight is 342 g/mol. The van der Waals surface area contributed by atoms with Gasteiger partial charge < -0.3 is 5.11 Å². The molecule has 0 saturated heterocycles. The highest BCUT2D eigenvalue weighted by molar-refractivity contribution is 8.00. The zero-order valence-corrected chi connectivity index (χ0v) is 12.9. The fraction of sp³-hybridized carbons (Fsp3) is 0.500. The summed E-state index contributed by atoms with van der Waals surface area (Å²) in [5, 5.41) is 8.79. The van der Waals surface area contributed by atoms with Gasteiger partial charge in [0.05, 0.1) is 5.56 Å². The Morgan fingerprint density at radius 1 is 1.27 bits per heavy atom. The van der Waals surface area contributed by atoms with E-state index in [0.29, 0.717) is 12.5 Å². The summed E-state index contributed by atoms with van der Waals surface area (Å²) in [4.78, 5) is 10.7. The molecule has 1 atom stereocenters. The van der Waals surface area contributed by atoms with E-state index in [9.17, 15) is 26.7 Å². The van der Waals surface area contributed by atoms with E-state index in [0.717, 1.165) is 17.8 Å². The van der Waals surface area contributed by atoms with Gasteiger partial charge in [0.15, 0.2) is 0 Å². The number of carbonyl (C=O) groups is 1. The molecule has 22 heavy (non-hydrogen) atoms. The van der Waals surface area contributed by atoms with Crippen LogP contribution in [0.15, 0.2) is 17.0 Å². The Balaban J connectivity index is 3.58. The molecule has 0 bridgehead atoms. The van der Waals surface area contributed by atoms with Crippen LogP contribution in [0.3, 0.4) is 0 Å². The lowest BCUT2D eigenvalue weighted by atomic mass is 10.0. The van der Waals surface area contributed by atoms with Crippen LogP contribution in [0.2, 0.25) is 0 Å². The SMILES string of the molecule is CC[C@@H](C)Sc1c(C(F)(F)C(F)(F)F)ccc(C(=O)O)c1C. The number of hydrogen-bond acceptors (Lipinski definition) is 2. The topological polar surface area (TPSA) is 37.3 Å². The summed E-state index contributed by atoms with van der Waals surface area (Å²) in [7, 11) is 0. The molecule has 1 N–H and O–H groups in total. The Morgan fingerprint density at radius 3 is 2.23 bits per heavy atom. The molecule has 0 fully saturated rings. The first kappa shape index (κ1) is 18.7. The largest absolute Gasteiger partial charge is 0.478 e. The Morgan fingerprint density at radius 2 is 1.82 bits per heavy atom. The predicted molar refractivity (Wildman–Crippen MR) is 73.7 cm³/mol. The van der Waals surface area contributed by atoms with E-state index in [1.165, 1.54) is 6.92 Å². The number of halogens is 5. The highest BCUT2D eigenvalue weighted by atomic mass is 32.2. The number of carboxylic acid groups (broad SMARTS) is 1. The van der Waals surface area contributed by atoms with Crippen molar-refractivity contribution in [3.63, 3.8) is 0 Å². The monoisotopic (exact) mass is 342 g/mol. The number of benzene rings is 1. The molecule has 0 spiro atoms. The number of hydrogen-bond donors (Lipinski definition) is 1. The van der Waals surface area contributed by atoms with Gasteiger partial charge in [-0.3, -0.25) is 0 Å². The minimum absolute atomic E-state index is 0.0841. The molecule has 0 amide bonds. The summed E-state index contributed by atoms with van der Waals surface area (Å²) in [6, 6.07) is 1.34. The molecule has 1 aromatic carbocycles. The van der Waals surface area contributed by atoms with Crippen molar-refractivity contribution in [1.82, 2.24) is 0 Å². The lowest BCUT2D eigenvalue weighted by Gasteiger charge is -2.25. The summed E-state index contributed by atoms with van der Waals surface area (Å²) in [5.41, 5.74) is -1.57. The number of aromatic carboxylic acids is 1. The summed E-state index contributed by atoms with van der Waals surface area (Å²) >= 11 is 0.828. The molecule has 0 aliphatic carbocycles. The number of carboxylic acids is 1. The fourth-order valence-corrected chi connectivity index (χ4v) is 2.94. The molecule has 0 saturated carbocycles. The first-order chi connectivity index (χ1) is 9.93. The van der Waals surface area contributed by atoms with Crippen molar-refractivity contribution in [2.45, 2.75) is 49.4 Å². The Bertz CT molecular complexity index is 569. The van der Waals surface area contributed by atoms with Crippen molar-refractivity contribution >= 4 is 17.7 Å². The van der Waals surface area contributed by atoms with Gasteiger partial charge in [0.25, 0.3) is 0 Å². The van der Waals surface area contributed by atoms with Crippen LogP contribution >= 0.6 is 11.8 Å². The van der Waals surface area contributed by atoms with Crippen LogP contribution in [-0.4, -0.2) is 22.5 Å². The normalized spacial score (nSPS) is 14.0. The Kier molecular flexibility index (Phi) is 5.48. The molecule has 0 aromatic heterocycles. The lowest BCUT2D eigenvalue weighted by molar-refractivity contribution is -0.290. The van der Waals surface area contributed by atoms with Gasteiger partial charge in [-0.25, -0.2) is 4.79 Å². The molecule has 0 unspecified atom stereocenters. The molecule has 1 rings (SSSR count). The molecular formula is C14H15F5O2S. The summed E-state index contributed by atoms with van der Waals surface area (Å²) in [5.74, 6) is -6.41. The van der Waals surface area contributed by atoms with E-state index in [4.69, 9.17) is 5.11 Å². The van der Waals surface area contributed by atoms with Crippen LogP contribution in [-0.2, 0) is 5.92 Å². The van der Waals surface area contributed by atoms with Gasteiger partial charge in [-0.2, -0.15) is 22.0 Å². The van der Waals surface area contributed by atoms with Crippen molar-refractivity contribution in [2.24, 2.45) is 0 Å². The van der Waals surface area contributed by atoms with Crippen molar-refractivity contribution in [3.8, 4) is 0 Å². The third-order valence-electron chi connectivity index (χ3n) is 3.22. The maximum Gasteiger partial charge on any atom is 0.458 e. The molecule has 2 nitrogen and oxygen atoms in total. The second-order valence-electron chi connectivity index (χ2n) is 4.83. The van der Waals surface area contributed by atoms with Crippen LogP contribution in [0.25, 0.3) is 0 Å². The molecule has 0 aliphatic heterocycles. The van der Waals surface area contributed by atoms with Crippen LogP contribution in [0, 0.1) is 6.92 Å². The maximum atomic E-state index is 13.7. The fourth-order valence-electron chi connectivity index (χ4n) is 1.76. The number of thioether (sulfide) groups is 1. The van der Waals surface area contributed by atoms with Crippen molar-refractivity contribution in [1.29, 1.82) is 0 Å². The second-order valence-corrected chi connectivity index (χ2v) is 6.28. The third kappa shape index (κ3) is 3.53. The first-order valence-corrected chi connectivity index (χ1v) is 7.30. The van der Waals surface area contributed by atoms with Gasteiger partial charge in [0.2, 0.25) is 0 Å². The molecule has 124 valence electrons. The molecule has 0 aliphatic rings. The zero-order chi connectivity index (χ0) is 17.3. The minimum Gasteiger partial charge on any atom is -0.478 e. The molecule has 0 heterocycles.